The van der Waals surface area contributed by atoms with Crippen molar-refractivity contribution < 1.29 is 22.7 Å². The van der Waals surface area contributed by atoms with E-state index >= 15 is 0 Å². The molecule has 0 bridgehead atoms. The maximum absolute atomic E-state index is 13.3. The van der Waals surface area contributed by atoms with E-state index in [1.54, 1.807) is 16.4 Å². The molecule has 2 aliphatic heterocycles. The highest BCUT2D eigenvalue weighted by molar-refractivity contribution is 7.89. The first-order valence-electron chi connectivity index (χ1n) is 12.8. The van der Waals surface area contributed by atoms with Crippen molar-refractivity contribution >= 4 is 21.6 Å². The number of hydrogen-bond acceptors (Lipinski definition) is 5. The highest BCUT2D eigenvalue weighted by atomic mass is 32.2. The zero-order chi connectivity index (χ0) is 25.6. The summed E-state index contributed by atoms with van der Waals surface area (Å²) in [5.41, 5.74) is 2.87. The fraction of sp³-hybridized carbons (Fsp3) is 0.345. The van der Waals surface area contributed by atoms with Crippen molar-refractivity contribution in [2.24, 2.45) is 5.92 Å². The van der Waals surface area contributed by atoms with Gasteiger partial charge in [0.05, 0.1) is 10.3 Å². The molecule has 3 aromatic carbocycles. The normalized spacial score (nSPS) is 20.4. The molecule has 1 atom stereocenters. The number of nitrogens with one attached hydrogen (secondary N) is 1. The molecule has 1 N–H and O–H groups in total. The molecule has 1 saturated carbocycles. The van der Waals surface area contributed by atoms with Gasteiger partial charge in [0.25, 0.3) is 0 Å². The highest BCUT2D eigenvalue weighted by Gasteiger charge is 2.51. The topological polar surface area (TPSA) is 84.9 Å². The van der Waals surface area contributed by atoms with Crippen LogP contribution in [0.2, 0.25) is 0 Å². The largest absolute Gasteiger partial charge is 0.454 e. The third-order valence-corrected chi connectivity index (χ3v) is 9.55. The molecule has 8 heteroatoms. The molecule has 3 aromatic rings. The van der Waals surface area contributed by atoms with E-state index in [-0.39, 0.29) is 12.7 Å². The number of hydrogen-bond donors (Lipinski definition) is 1. The number of ether oxygens (including phenoxy) is 2. The average molecular weight is 519 g/mol. The number of carbonyl (C=O) groups excluding carboxylic acids is 1. The van der Waals surface area contributed by atoms with Crippen molar-refractivity contribution in [1.82, 2.24) is 4.31 Å². The van der Waals surface area contributed by atoms with Gasteiger partial charge >= 0.3 is 0 Å². The van der Waals surface area contributed by atoms with Crippen molar-refractivity contribution in [2.75, 3.05) is 25.2 Å². The van der Waals surface area contributed by atoms with E-state index in [1.807, 2.05) is 54.6 Å². The molecule has 1 amide bonds. The summed E-state index contributed by atoms with van der Waals surface area (Å²) in [5, 5.41) is 3.09. The first kappa shape index (κ1) is 24.0. The Hall–Kier alpha value is -3.36. The predicted octanol–water partition coefficient (Wildman–Crippen LogP) is 5.17. The van der Waals surface area contributed by atoms with E-state index in [1.165, 1.54) is 0 Å². The second kappa shape index (κ2) is 9.19. The van der Waals surface area contributed by atoms with Gasteiger partial charge in [-0.2, -0.15) is 4.31 Å². The zero-order valence-corrected chi connectivity index (χ0v) is 21.6. The highest BCUT2D eigenvalue weighted by Crippen LogP contribution is 2.51. The molecular weight excluding hydrogens is 488 g/mol. The van der Waals surface area contributed by atoms with Crippen LogP contribution in [0.25, 0.3) is 11.1 Å². The van der Waals surface area contributed by atoms with Crippen molar-refractivity contribution in [3.8, 4) is 22.6 Å². The van der Waals surface area contributed by atoms with Crippen LogP contribution >= 0.6 is 0 Å². The van der Waals surface area contributed by atoms with Crippen LogP contribution in [-0.4, -0.2) is 38.5 Å². The molecule has 1 unspecified atom stereocenters. The van der Waals surface area contributed by atoms with Crippen LogP contribution in [0, 0.1) is 5.92 Å². The number of nitrogens with zero attached hydrogens (tertiary/aromatic N) is 1. The van der Waals surface area contributed by atoms with Crippen molar-refractivity contribution in [3.63, 3.8) is 0 Å². The Labute approximate surface area is 217 Å². The Morgan fingerprint density at radius 3 is 2.51 bits per heavy atom. The van der Waals surface area contributed by atoms with Crippen LogP contribution in [0.1, 0.15) is 38.2 Å². The number of benzene rings is 3. The summed E-state index contributed by atoms with van der Waals surface area (Å²) in [5.74, 6) is 1.72. The average Bonchev–Trinajstić information content (AvgIpc) is 3.59. The van der Waals surface area contributed by atoms with E-state index in [0.29, 0.717) is 41.1 Å². The fourth-order valence-corrected chi connectivity index (χ4v) is 6.92. The molecule has 2 heterocycles. The third kappa shape index (κ3) is 4.49. The maximum Gasteiger partial charge on any atom is 0.243 e. The molecule has 0 spiro atoms. The standard InChI is InChI=1S/C29H30N2O5S/c1-20-4-3-15-31(18-20)37(33,34)25-10-7-21(8-11-25)22-5-2-6-24(16-22)30-28(32)29(13-14-29)23-9-12-26-27(17-23)36-19-35-26/h2,5-12,16-17,20H,3-4,13-15,18-19H2,1H3,(H,30,32). The van der Waals surface area contributed by atoms with E-state index in [0.717, 1.165) is 42.4 Å². The van der Waals surface area contributed by atoms with Crippen LogP contribution < -0.4 is 14.8 Å². The van der Waals surface area contributed by atoms with Gasteiger partial charge in [-0.1, -0.05) is 37.3 Å². The van der Waals surface area contributed by atoms with E-state index in [9.17, 15) is 13.2 Å². The first-order chi connectivity index (χ1) is 17.8. The van der Waals surface area contributed by atoms with Gasteiger partial charge in [0.2, 0.25) is 22.7 Å². The third-order valence-electron chi connectivity index (χ3n) is 7.68. The maximum atomic E-state index is 13.3. The first-order valence-corrected chi connectivity index (χ1v) is 14.2. The van der Waals surface area contributed by atoms with Gasteiger partial charge in [-0.3, -0.25) is 4.79 Å². The SMILES string of the molecule is CC1CCCN(S(=O)(=O)c2ccc(-c3cccc(NC(=O)C4(c5ccc6c(c5)OCO6)CC4)c3)cc2)C1. The van der Waals surface area contributed by atoms with Gasteiger partial charge in [0.1, 0.15) is 0 Å². The van der Waals surface area contributed by atoms with Crippen molar-refractivity contribution in [3.05, 3.63) is 72.3 Å². The molecule has 0 radical (unpaired) electrons. The summed E-state index contributed by atoms with van der Waals surface area (Å²) >= 11 is 0. The number of sulfonamides is 1. The van der Waals surface area contributed by atoms with Gasteiger partial charge < -0.3 is 14.8 Å². The quantitative estimate of drug-likeness (QED) is 0.487. The summed E-state index contributed by atoms with van der Waals surface area (Å²) in [4.78, 5) is 13.6. The second-order valence-corrected chi connectivity index (χ2v) is 12.3. The predicted molar refractivity (Wildman–Crippen MR) is 141 cm³/mol. The number of carbonyl (C=O) groups is 1. The molecular formula is C29H30N2O5S. The van der Waals surface area contributed by atoms with Crippen LogP contribution in [0.3, 0.4) is 0 Å². The number of anilines is 1. The number of piperidine rings is 1. The summed E-state index contributed by atoms with van der Waals surface area (Å²) in [6.45, 7) is 3.44. The van der Waals surface area contributed by atoms with Gasteiger partial charge in [-0.15, -0.1) is 0 Å². The van der Waals surface area contributed by atoms with Crippen LogP contribution in [0.15, 0.2) is 71.6 Å². The molecule has 1 saturated heterocycles. The van der Waals surface area contributed by atoms with Crippen LogP contribution in [-0.2, 0) is 20.2 Å². The minimum Gasteiger partial charge on any atom is -0.454 e. The molecule has 7 nitrogen and oxygen atoms in total. The Morgan fingerprint density at radius 1 is 0.973 bits per heavy atom. The Balaban J connectivity index is 1.18. The van der Waals surface area contributed by atoms with E-state index < -0.39 is 15.4 Å². The second-order valence-electron chi connectivity index (χ2n) is 10.3. The molecule has 1 aliphatic carbocycles. The fourth-order valence-electron chi connectivity index (χ4n) is 5.33. The molecule has 2 fully saturated rings. The molecule has 37 heavy (non-hydrogen) atoms. The smallest absolute Gasteiger partial charge is 0.243 e. The van der Waals surface area contributed by atoms with Gasteiger partial charge in [0, 0.05) is 18.8 Å². The lowest BCUT2D eigenvalue weighted by Crippen LogP contribution is -2.39. The summed E-state index contributed by atoms with van der Waals surface area (Å²) < 4.78 is 38.7. The monoisotopic (exact) mass is 518 g/mol. The van der Waals surface area contributed by atoms with Gasteiger partial charge in [-0.05, 0) is 84.7 Å². The molecule has 192 valence electrons. The summed E-state index contributed by atoms with van der Waals surface area (Å²) in [6, 6.07) is 20.4. The van der Waals surface area contributed by atoms with Crippen LogP contribution in [0.5, 0.6) is 11.5 Å². The number of rotatable bonds is 6. The summed E-state index contributed by atoms with van der Waals surface area (Å²) in [6.07, 6.45) is 3.52. The van der Waals surface area contributed by atoms with Gasteiger partial charge in [-0.25, -0.2) is 8.42 Å². The lowest BCUT2D eigenvalue weighted by molar-refractivity contribution is -0.118. The van der Waals surface area contributed by atoms with E-state index in [2.05, 4.69) is 12.2 Å². The molecule has 3 aliphatic rings. The Morgan fingerprint density at radius 2 is 1.76 bits per heavy atom. The van der Waals surface area contributed by atoms with Crippen molar-refractivity contribution in [1.29, 1.82) is 0 Å². The van der Waals surface area contributed by atoms with Gasteiger partial charge in [0.15, 0.2) is 11.5 Å². The summed E-state index contributed by atoms with van der Waals surface area (Å²) in [7, 11) is -3.50. The molecule has 6 rings (SSSR count). The minimum absolute atomic E-state index is 0.0410. The Bertz CT molecular complexity index is 1450. The minimum atomic E-state index is -3.50. The number of amides is 1. The number of fused-ring (bicyclic) bond motifs is 1. The lowest BCUT2D eigenvalue weighted by atomic mass is 9.94. The Kier molecular flexibility index (Phi) is 5.96. The van der Waals surface area contributed by atoms with E-state index in [4.69, 9.17) is 9.47 Å². The van der Waals surface area contributed by atoms with Crippen molar-refractivity contribution in [2.45, 2.75) is 42.9 Å². The van der Waals surface area contributed by atoms with Crippen LogP contribution in [0.4, 0.5) is 5.69 Å². The lowest BCUT2D eigenvalue weighted by Gasteiger charge is -2.30. The molecule has 0 aromatic heterocycles. The zero-order valence-electron chi connectivity index (χ0n) is 20.8.